The van der Waals surface area contributed by atoms with Gasteiger partial charge in [-0.05, 0) is 19.1 Å². The Morgan fingerprint density at radius 2 is 2.18 bits per heavy atom. The van der Waals surface area contributed by atoms with Crippen molar-refractivity contribution in [2.75, 3.05) is 30.9 Å². The van der Waals surface area contributed by atoms with Crippen LogP contribution in [-0.2, 0) is 0 Å². The number of rotatable bonds is 5. The topological polar surface area (TPSA) is 70.2 Å². The summed E-state index contributed by atoms with van der Waals surface area (Å²) in [6.45, 7) is 4.55. The first-order valence-corrected chi connectivity index (χ1v) is 7.94. The fraction of sp³-hybridized carbons (Fsp3) is 0.400. The number of amides is 2. The van der Waals surface area contributed by atoms with Gasteiger partial charge in [0.15, 0.2) is 0 Å². The van der Waals surface area contributed by atoms with Crippen molar-refractivity contribution < 1.29 is 4.79 Å². The van der Waals surface area contributed by atoms with Gasteiger partial charge in [0.05, 0.1) is 16.9 Å². The van der Waals surface area contributed by atoms with E-state index in [-0.39, 0.29) is 11.9 Å². The second-order valence-electron chi connectivity index (χ2n) is 5.36. The van der Waals surface area contributed by atoms with E-state index in [0.717, 1.165) is 16.4 Å². The summed E-state index contributed by atoms with van der Waals surface area (Å²) in [5.74, 6) is 0.717. The van der Waals surface area contributed by atoms with Crippen LogP contribution in [0.1, 0.15) is 23.5 Å². The van der Waals surface area contributed by atoms with E-state index in [4.69, 9.17) is 0 Å². The minimum Gasteiger partial charge on any atom is -0.376 e. The van der Waals surface area contributed by atoms with Crippen LogP contribution < -0.4 is 15.5 Å². The Labute approximate surface area is 134 Å². The average molecular weight is 319 g/mol. The average Bonchev–Trinajstić information content (AvgIpc) is 2.92. The van der Waals surface area contributed by atoms with Crippen LogP contribution >= 0.6 is 11.3 Å². The van der Waals surface area contributed by atoms with Gasteiger partial charge < -0.3 is 10.2 Å². The number of nitrogens with zero attached hydrogens (tertiary/aromatic N) is 3. The van der Waals surface area contributed by atoms with Crippen LogP contribution in [0, 0.1) is 6.92 Å². The molecule has 0 aliphatic heterocycles. The molecule has 2 rings (SSSR count). The number of thiazole rings is 1. The van der Waals surface area contributed by atoms with Crippen molar-refractivity contribution in [2.24, 2.45) is 0 Å². The van der Waals surface area contributed by atoms with Crippen molar-refractivity contribution in [1.29, 1.82) is 0 Å². The van der Waals surface area contributed by atoms with Gasteiger partial charge in [-0.2, -0.15) is 0 Å². The molecule has 1 atom stereocenters. The van der Waals surface area contributed by atoms with Gasteiger partial charge in [0.2, 0.25) is 0 Å². The fourth-order valence-electron chi connectivity index (χ4n) is 1.82. The van der Waals surface area contributed by atoms with Crippen molar-refractivity contribution in [1.82, 2.24) is 15.3 Å². The van der Waals surface area contributed by atoms with Gasteiger partial charge in [-0.1, -0.05) is 6.92 Å². The number of pyridine rings is 1. The Kier molecular flexibility index (Phi) is 5.32. The maximum atomic E-state index is 11.9. The molecule has 0 aliphatic rings. The molecule has 0 bridgehead atoms. The predicted molar refractivity (Wildman–Crippen MR) is 90.9 cm³/mol. The van der Waals surface area contributed by atoms with E-state index >= 15 is 0 Å². The van der Waals surface area contributed by atoms with E-state index < -0.39 is 0 Å². The molecule has 2 amide bonds. The molecule has 118 valence electrons. The monoisotopic (exact) mass is 319 g/mol. The number of anilines is 2. The zero-order valence-corrected chi connectivity index (χ0v) is 14.1. The van der Waals surface area contributed by atoms with E-state index in [1.807, 2.05) is 44.3 Å². The zero-order valence-electron chi connectivity index (χ0n) is 13.3. The van der Waals surface area contributed by atoms with Crippen LogP contribution in [0.3, 0.4) is 0 Å². The highest BCUT2D eigenvalue weighted by molar-refractivity contribution is 7.09. The third-order valence-corrected chi connectivity index (χ3v) is 4.33. The Balaban J connectivity index is 1.82. The van der Waals surface area contributed by atoms with Crippen LogP contribution in [0.25, 0.3) is 0 Å². The molecule has 2 N–H and O–H groups in total. The number of hydrogen-bond acceptors (Lipinski definition) is 5. The Morgan fingerprint density at radius 3 is 2.73 bits per heavy atom. The third kappa shape index (κ3) is 4.42. The molecule has 0 radical (unpaired) electrons. The first-order valence-electron chi connectivity index (χ1n) is 7.06. The van der Waals surface area contributed by atoms with Crippen molar-refractivity contribution in [3.05, 3.63) is 34.4 Å². The van der Waals surface area contributed by atoms with Gasteiger partial charge in [0, 0.05) is 37.6 Å². The highest BCUT2D eigenvalue weighted by Gasteiger charge is 2.11. The number of hydrogen-bond donors (Lipinski definition) is 2. The predicted octanol–water partition coefficient (Wildman–Crippen LogP) is 2.84. The van der Waals surface area contributed by atoms with Gasteiger partial charge in [-0.3, -0.25) is 5.32 Å². The highest BCUT2D eigenvalue weighted by atomic mass is 32.1. The lowest BCUT2D eigenvalue weighted by atomic mass is 10.2. The Morgan fingerprint density at radius 1 is 1.41 bits per heavy atom. The van der Waals surface area contributed by atoms with Gasteiger partial charge in [-0.25, -0.2) is 14.8 Å². The Bertz CT molecular complexity index is 623. The summed E-state index contributed by atoms with van der Waals surface area (Å²) in [5, 5.41) is 8.62. The largest absolute Gasteiger partial charge is 0.376 e. The lowest BCUT2D eigenvalue weighted by Crippen LogP contribution is -2.32. The molecule has 0 spiro atoms. The van der Waals surface area contributed by atoms with Gasteiger partial charge >= 0.3 is 6.03 Å². The summed E-state index contributed by atoms with van der Waals surface area (Å²) >= 11 is 1.62. The molecule has 0 aliphatic carbocycles. The molecule has 0 aromatic carbocycles. The lowest BCUT2D eigenvalue weighted by molar-refractivity contribution is 0.251. The molecule has 2 aromatic heterocycles. The minimum atomic E-state index is -0.259. The van der Waals surface area contributed by atoms with Gasteiger partial charge in [0.1, 0.15) is 5.82 Å². The molecule has 2 heterocycles. The van der Waals surface area contributed by atoms with E-state index in [1.54, 1.807) is 23.6 Å². The molecular weight excluding hydrogens is 298 g/mol. The molecular formula is C15H21N5OS. The number of aromatic nitrogens is 2. The van der Waals surface area contributed by atoms with Crippen molar-refractivity contribution in [2.45, 2.75) is 19.8 Å². The highest BCUT2D eigenvalue weighted by Crippen LogP contribution is 2.19. The van der Waals surface area contributed by atoms with Gasteiger partial charge in [0.25, 0.3) is 0 Å². The molecule has 0 fully saturated rings. The fourth-order valence-corrected chi connectivity index (χ4v) is 2.67. The minimum absolute atomic E-state index is 0.188. The Hall–Kier alpha value is -2.15. The first kappa shape index (κ1) is 16.2. The molecule has 1 unspecified atom stereocenters. The number of aryl methyl sites for hydroxylation is 1. The van der Waals surface area contributed by atoms with Crippen molar-refractivity contribution in [3.63, 3.8) is 0 Å². The summed E-state index contributed by atoms with van der Waals surface area (Å²) in [6, 6.07) is 3.43. The zero-order chi connectivity index (χ0) is 16.1. The molecule has 22 heavy (non-hydrogen) atoms. The third-order valence-electron chi connectivity index (χ3n) is 3.13. The van der Waals surface area contributed by atoms with Crippen molar-refractivity contribution >= 4 is 28.9 Å². The SMILES string of the molecule is Cc1csc(C(C)CNC(=O)Nc2ccc(N(C)C)cn2)n1. The van der Waals surface area contributed by atoms with Gasteiger partial charge in [-0.15, -0.1) is 11.3 Å². The summed E-state index contributed by atoms with van der Waals surface area (Å²) in [6.07, 6.45) is 1.72. The maximum Gasteiger partial charge on any atom is 0.320 e. The second-order valence-corrected chi connectivity index (χ2v) is 6.25. The van der Waals surface area contributed by atoms with E-state index in [0.29, 0.717) is 12.4 Å². The number of carbonyl (C=O) groups excluding carboxylic acids is 1. The van der Waals surface area contributed by atoms with Crippen LogP contribution in [0.4, 0.5) is 16.3 Å². The number of urea groups is 1. The molecule has 6 nitrogen and oxygen atoms in total. The van der Waals surface area contributed by atoms with Crippen LogP contribution in [0.2, 0.25) is 0 Å². The van der Waals surface area contributed by atoms with E-state index in [2.05, 4.69) is 20.6 Å². The van der Waals surface area contributed by atoms with Crippen molar-refractivity contribution in [3.8, 4) is 0 Å². The molecule has 2 aromatic rings. The summed E-state index contributed by atoms with van der Waals surface area (Å²) in [5.41, 5.74) is 2.00. The standard InChI is InChI=1S/C15H21N5OS/c1-10(14-18-11(2)9-22-14)7-17-15(21)19-13-6-5-12(8-16-13)20(3)4/h5-6,8-10H,7H2,1-4H3,(H2,16,17,19,21). The molecule has 7 heteroatoms. The quantitative estimate of drug-likeness (QED) is 0.889. The first-order chi connectivity index (χ1) is 10.5. The maximum absolute atomic E-state index is 11.9. The number of carbonyl (C=O) groups is 1. The normalized spacial score (nSPS) is 11.8. The number of nitrogens with one attached hydrogen (secondary N) is 2. The van der Waals surface area contributed by atoms with E-state index in [9.17, 15) is 4.79 Å². The van der Waals surface area contributed by atoms with Crippen LogP contribution in [0.5, 0.6) is 0 Å². The summed E-state index contributed by atoms with van der Waals surface area (Å²) < 4.78 is 0. The van der Waals surface area contributed by atoms with Crippen LogP contribution in [0.15, 0.2) is 23.7 Å². The van der Waals surface area contributed by atoms with Crippen LogP contribution in [-0.4, -0.2) is 36.6 Å². The molecule has 0 saturated carbocycles. The lowest BCUT2D eigenvalue weighted by Gasteiger charge is -2.13. The summed E-state index contributed by atoms with van der Waals surface area (Å²) in [7, 11) is 3.89. The second kappa shape index (κ2) is 7.22. The van der Waals surface area contributed by atoms with E-state index in [1.165, 1.54) is 0 Å². The summed E-state index contributed by atoms with van der Waals surface area (Å²) in [4.78, 5) is 22.5. The smallest absolute Gasteiger partial charge is 0.320 e. The molecule has 0 saturated heterocycles.